The lowest BCUT2D eigenvalue weighted by atomic mass is 9.74. The van der Waals surface area contributed by atoms with E-state index in [1.165, 1.54) is 32.1 Å². The van der Waals surface area contributed by atoms with E-state index >= 15 is 0 Å². The molecule has 2 saturated carbocycles. The third-order valence-corrected chi connectivity index (χ3v) is 3.66. The van der Waals surface area contributed by atoms with Crippen molar-refractivity contribution < 1.29 is 0 Å². The molecule has 2 rings (SSSR count). The first-order chi connectivity index (χ1) is 4.37. The third kappa shape index (κ3) is 0.797. The average molecular weight is 145 g/mol. The highest BCUT2D eigenvalue weighted by atomic mass is 35.5. The largest absolute Gasteiger partial charge is 0.126 e. The van der Waals surface area contributed by atoms with E-state index in [-0.39, 0.29) is 0 Å². The van der Waals surface area contributed by atoms with Crippen molar-refractivity contribution in [2.75, 3.05) is 5.88 Å². The second-order valence-electron chi connectivity index (χ2n) is 3.62. The summed E-state index contributed by atoms with van der Waals surface area (Å²) in [5, 5.41) is 0. The minimum absolute atomic E-state index is 0.653. The number of halogens is 1. The molecular weight excluding hydrogens is 132 g/mol. The summed E-state index contributed by atoms with van der Waals surface area (Å²) in [6.07, 6.45) is 7.23. The van der Waals surface area contributed by atoms with Gasteiger partial charge in [0.25, 0.3) is 0 Å². The fourth-order valence-electron chi connectivity index (χ4n) is 1.83. The molecule has 0 bridgehead atoms. The van der Waals surface area contributed by atoms with Gasteiger partial charge in [-0.25, -0.2) is 0 Å². The molecule has 52 valence electrons. The number of hydrogen-bond acceptors (Lipinski definition) is 0. The third-order valence-electron chi connectivity index (χ3n) is 3.13. The lowest BCUT2D eigenvalue weighted by molar-refractivity contribution is 0.204. The number of alkyl halides is 1. The van der Waals surface area contributed by atoms with Gasteiger partial charge in [0.1, 0.15) is 0 Å². The van der Waals surface area contributed by atoms with Gasteiger partial charge in [-0.05, 0) is 37.0 Å². The molecule has 0 unspecified atom stereocenters. The molecule has 0 N–H and O–H groups in total. The first kappa shape index (κ1) is 6.03. The highest BCUT2D eigenvalue weighted by Gasteiger charge is 2.49. The maximum Gasteiger partial charge on any atom is 0.0282 e. The van der Waals surface area contributed by atoms with Crippen LogP contribution in [0.5, 0.6) is 0 Å². The van der Waals surface area contributed by atoms with E-state index in [0.717, 1.165) is 11.8 Å². The molecule has 0 aromatic rings. The Morgan fingerprint density at radius 2 is 2.00 bits per heavy atom. The van der Waals surface area contributed by atoms with E-state index in [0.29, 0.717) is 5.41 Å². The van der Waals surface area contributed by atoms with Gasteiger partial charge in [-0.2, -0.15) is 0 Å². The van der Waals surface area contributed by atoms with Gasteiger partial charge < -0.3 is 0 Å². The normalized spacial score (nSPS) is 31.7. The van der Waals surface area contributed by atoms with Crippen LogP contribution in [-0.4, -0.2) is 5.88 Å². The van der Waals surface area contributed by atoms with E-state index in [1.54, 1.807) is 0 Å². The van der Waals surface area contributed by atoms with E-state index in [4.69, 9.17) is 11.6 Å². The predicted octanol–water partition coefficient (Wildman–Crippen LogP) is 2.81. The van der Waals surface area contributed by atoms with Crippen molar-refractivity contribution >= 4 is 11.6 Å². The molecule has 0 amide bonds. The Kier molecular flexibility index (Phi) is 1.26. The van der Waals surface area contributed by atoms with Gasteiger partial charge in [0.2, 0.25) is 0 Å². The summed E-state index contributed by atoms with van der Waals surface area (Å²) in [5.41, 5.74) is 0.653. The summed E-state index contributed by atoms with van der Waals surface area (Å²) >= 11 is 5.86. The molecular formula is C8H13Cl. The van der Waals surface area contributed by atoms with Crippen LogP contribution in [0.1, 0.15) is 32.1 Å². The monoisotopic (exact) mass is 144 g/mol. The van der Waals surface area contributed by atoms with Gasteiger partial charge in [0, 0.05) is 5.88 Å². The molecule has 0 radical (unpaired) electrons. The maximum atomic E-state index is 5.86. The minimum Gasteiger partial charge on any atom is -0.126 e. The predicted molar refractivity (Wildman–Crippen MR) is 39.7 cm³/mol. The van der Waals surface area contributed by atoms with E-state index in [9.17, 15) is 0 Å². The zero-order valence-corrected chi connectivity index (χ0v) is 6.45. The molecule has 0 heterocycles. The average Bonchev–Trinajstić information content (AvgIpc) is 2.44. The van der Waals surface area contributed by atoms with Gasteiger partial charge >= 0.3 is 0 Å². The molecule has 0 aliphatic heterocycles. The highest BCUT2D eigenvalue weighted by molar-refractivity contribution is 6.18. The van der Waals surface area contributed by atoms with E-state index < -0.39 is 0 Å². The first-order valence-corrected chi connectivity index (χ1v) is 4.47. The van der Waals surface area contributed by atoms with E-state index in [2.05, 4.69) is 0 Å². The van der Waals surface area contributed by atoms with Crippen LogP contribution < -0.4 is 0 Å². The fraction of sp³-hybridized carbons (Fsp3) is 1.00. The standard InChI is InChI=1S/C8H13Cl/c9-6-8(4-5-8)7-2-1-3-7/h7H,1-6H2. The Hall–Kier alpha value is 0.290. The van der Waals surface area contributed by atoms with Crippen LogP contribution in [-0.2, 0) is 0 Å². The van der Waals surface area contributed by atoms with Crippen molar-refractivity contribution in [3.63, 3.8) is 0 Å². The van der Waals surface area contributed by atoms with Crippen molar-refractivity contribution in [2.45, 2.75) is 32.1 Å². The number of hydrogen-bond donors (Lipinski definition) is 0. The van der Waals surface area contributed by atoms with Gasteiger partial charge in [0.05, 0.1) is 0 Å². The molecule has 2 aliphatic carbocycles. The maximum absolute atomic E-state index is 5.86. The molecule has 0 aromatic carbocycles. The Labute approximate surface area is 61.6 Å². The second-order valence-corrected chi connectivity index (χ2v) is 3.89. The zero-order valence-electron chi connectivity index (χ0n) is 5.70. The van der Waals surface area contributed by atoms with Crippen molar-refractivity contribution in [1.29, 1.82) is 0 Å². The molecule has 9 heavy (non-hydrogen) atoms. The van der Waals surface area contributed by atoms with Crippen LogP contribution in [0.2, 0.25) is 0 Å². The molecule has 2 fully saturated rings. The molecule has 0 atom stereocenters. The summed E-state index contributed by atoms with van der Waals surface area (Å²) in [7, 11) is 0. The van der Waals surface area contributed by atoms with Crippen LogP contribution in [0.25, 0.3) is 0 Å². The Morgan fingerprint density at radius 1 is 1.33 bits per heavy atom. The summed E-state index contributed by atoms with van der Waals surface area (Å²) in [6, 6.07) is 0. The van der Waals surface area contributed by atoms with Crippen molar-refractivity contribution in [1.82, 2.24) is 0 Å². The van der Waals surface area contributed by atoms with Crippen molar-refractivity contribution in [2.24, 2.45) is 11.3 Å². The van der Waals surface area contributed by atoms with E-state index in [1.807, 2.05) is 0 Å². The Balaban J connectivity index is 1.94. The molecule has 0 spiro atoms. The van der Waals surface area contributed by atoms with Crippen LogP contribution in [0.4, 0.5) is 0 Å². The molecule has 0 nitrogen and oxygen atoms in total. The van der Waals surface area contributed by atoms with Crippen molar-refractivity contribution in [3.05, 3.63) is 0 Å². The summed E-state index contributed by atoms with van der Waals surface area (Å²) in [5.74, 6) is 1.95. The van der Waals surface area contributed by atoms with Gasteiger partial charge in [-0.15, -0.1) is 11.6 Å². The Bertz CT molecular complexity index is 112. The fourth-order valence-corrected chi connectivity index (χ4v) is 2.32. The van der Waals surface area contributed by atoms with Gasteiger partial charge in [0.15, 0.2) is 0 Å². The quantitative estimate of drug-likeness (QED) is 0.523. The summed E-state index contributed by atoms with van der Waals surface area (Å²) < 4.78 is 0. The second kappa shape index (κ2) is 1.88. The van der Waals surface area contributed by atoms with Gasteiger partial charge in [-0.1, -0.05) is 6.42 Å². The molecule has 0 saturated heterocycles. The van der Waals surface area contributed by atoms with Crippen LogP contribution in [0.15, 0.2) is 0 Å². The summed E-state index contributed by atoms with van der Waals surface area (Å²) in [6.45, 7) is 0. The highest BCUT2D eigenvalue weighted by Crippen LogP contribution is 2.58. The van der Waals surface area contributed by atoms with Crippen LogP contribution in [0, 0.1) is 11.3 Å². The smallest absolute Gasteiger partial charge is 0.0282 e. The topological polar surface area (TPSA) is 0 Å². The van der Waals surface area contributed by atoms with Crippen LogP contribution >= 0.6 is 11.6 Å². The number of rotatable bonds is 2. The lowest BCUT2D eigenvalue weighted by Crippen LogP contribution is -2.24. The lowest BCUT2D eigenvalue weighted by Gasteiger charge is -2.32. The minimum atomic E-state index is 0.653. The molecule has 0 aromatic heterocycles. The summed E-state index contributed by atoms with van der Waals surface area (Å²) in [4.78, 5) is 0. The zero-order chi connectivity index (χ0) is 6.32. The first-order valence-electron chi connectivity index (χ1n) is 3.93. The SMILES string of the molecule is ClCC1(C2CCC2)CC1. The van der Waals surface area contributed by atoms with Crippen molar-refractivity contribution in [3.8, 4) is 0 Å². The van der Waals surface area contributed by atoms with Crippen LogP contribution in [0.3, 0.4) is 0 Å². The molecule has 2 aliphatic rings. The van der Waals surface area contributed by atoms with Gasteiger partial charge in [-0.3, -0.25) is 0 Å². The Morgan fingerprint density at radius 3 is 2.11 bits per heavy atom. The molecule has 1 heteroatoms.